The first-order valence-corrected chi connectivity index (χ1v) is 4.21. The van der Waals surface area contributed by atoms with Gasteiger partial charge in [0.1, 0.15) is 11.9 Å². The molecule has 1 rings (SSSR count). The minimum absolute atomic E-state index is 0.0463. The SMILES string of the molecule is C=CNc1c(C#N)c(C)c(F)c(=O)n1C. The Balaban J connectivity index is 3.71. The van der Waals surface area contributed by atoms with Gasteiger partial charge in [0.15, 0.2) is 5.82 Å². The zero-order valence-corrected chi connectivity index (χ0v) is 8.47. The Morgan fingerprint density at radius 2 is 2.27 bits per heavy atom. The molecule has 1 aromatic heterocycles. The van der Waals surface area contributed by atoms with Gasteiger partial charge in [0.2, 0.25) is 0 Å². The van der Waals surface area contributed by atoms with Crippen molar-refractivity contribution in [3.63, 3.8) is 0 Å². The van der Waals surface area contributed by atoms with Crippen LogP contribution in [0.4, 0.5) is 10.2 Å². The van der Waals surface area contributed by atoms with E-state index in [1.807, 2.05) is 6.07 Å². The largest absolute Gasteiger partial charge is 0.347 e. The molecule has 0 unspecified atom stereocenters. The predicted octanol–water partition coefficient (Wildman–Crippen LogP) is 1.26. The van der Waals surface area contributed by atoms with Crippen molar-refractivity contribution >= 4 is 5.82 Å². The first-order valence-electron chi connectivity index (χ1n) is 4.21. The van der Waals surface area contributed by atoms with Crippen molar-refractivity contribution < 1.29 is 4.39 Å². The van der Waals surface area contributed by atoms with Crippen molar-refractivity contribution in [3.05, 3.63) is 40.1 Å². The molecular formula is C10H10FN3O. The van der Waals surface area contributed by atoms with Crippen molar-refractivity contribution in [2.24, 2.45) is 7.05 Å². The highest BCUT2D eigenvalue weighted by molar-refractivity contribution is 5.57. The van der Waals surface area contributed by atoms with Gasteiger partial charge in [-0.3, -0.25) is 9.36 Å². The van der Waals surface area contributed by atoms with Crippen LogP contribution < -0.4 is 10.9 Å². The molecule has 0 spiro atoms. The second-order valence-electron chi connectivity index (χ2n) is 2.99. The van der Waals surface area contributed by atoms with E-state index in [1.54, 1.807) is 0 Å². The molecule has 1 N–H and O–H groups in total. The fourth-order valence-electron chi connectivity index (χ4n) is 1.27. The third-order valence-corrected chi connectivity index (χ3v) is 2.12. The van der Waals surface area contributed by atoms with Crippen LogP contribution >= 0.6 is 0 Å². The summed E-state index contributed by atoms with van der Waals surface area (Å²) >= 11 is 0. The Morgan fingerprint density at radius 1 is 1.67 bits per heavy atom. The molecule has 0 saturated heterocycles. The van der Waals surface area contributed by atoms with E-state index in [-0.39, 0.29) is 16.9 Å². The third kappa shape index (κ3) is 1.62. The van der Waals surface area contributed by atoms with Crippen LogP contribution in [-0.4, -0.2) is 4.57 Å². The van der Waals surface area contributed by atoms with Crippen LogP contribution in [0.15, 0.2) is 17.6 Å². The number of pyridine rings is 1. The number of rotatable bonds is 2. The Hall–Kier alpha value is -2.09. The van der Waals surface area contributed by atoms with E-state index in [0.717, 1.165) is 4.57 Å². The molecule has 0 radical (unpaired) electrons. The minimum atomic E-state index is -0.899. The summed E-state index contributed by atoms with van der Waals surface area (Å²) in [6.07, 6.45) is 1.33. The van der Waals surface area contributed by atoms with E-state index in [2.05, 4.69) is 11.9 Å². The van der Waals surface area contributed by atoms with Crippen LogP contribution in [0, 0.1) is 24.1 Å². The zero-order valence-electron chi connectivity index (χ0n) is 8.47. The van der Waals surface area contributed by atoms with E-state index >= 15 is 0 Å². The highest BCUT2D eigenvalue weighted by Crippen LogP contribution is 2.17. The van der Waals surface area contributed by atoms with E-state index in [1.165, 1.54) is 20.2 Å². The minimum Gasteiger partial charge on any atom is -0.347 e. The zero-order chi connectivity index (χ0) is 11.6. The van der Waals surface area contributed by atoms with Crippen LogP contribution in [0.5, 0.6) is 0 Å². The molecule has 15 heavy (non-hydrogen) atoms. The molecule has 0 bridgehead atoms. The molecule has 78 valence electrons. The number of hydrogen-bond donors (Lipinski definition) is 1. The average Bonchev–Trinajstić information content (AvgIpc) is 2.24. The van der Waals surface area contributed by atoms with Gasteiger partial charge >= 0.3 is 0 Å². The lowest BCUT2D eigenvalue weighted by molar-refractivity contribution is 0.582. The lowest BCUT2D eigenvalue weighted by Gasteiger charge is -2.11. The molecule has 1 aromatic rings. The maximum atomic E-state index is 13.3. The van der Waals surface area contributed by atoms with Gasteiger partial charge in [-0.05, 0) is 13.1 Å². The number of hydrogen-bond acceptors (Lipinski definition) is 3. The molecule has 0 aromatic carbocycles. The second kappa shape index (κ2) is 3.96. The van der Waals surface area contributed by atoms with Gasteiger partial charge in [-0.15, -0.1) is 0 Å². The van der Waals surface area contributed by atoms with Crippen LogP contribution in [-0.2, 0) is 7.05 Å². The molecule has 0 fully saturated rings. The number of anilines is 1. The summed E-state index contributed by atoms with van der Waals surface area (Å²) in [6, 6.07) is 1.85. The van der Waals surface area contributed by atoms with Gasteiger partial charge in [0.05, 0.1) is 5.56 Å². The number of nitriles is 1. The lowest BCUT2D eigenvalue weighted by atomic mass is 10.1. The lowest BCUT2D eigenvalue weighted by Crippen LogP contribution is -2.25. The van der Waals surface area contributed by atoms with Gasteiger partial charge in [0.25, 0.3) is 5.56 Å². The van der Waals surface area contributed by atoms with E-state index in [4.69, 9.17) is 5.26 Å². The molecule has 0 saturated carbocycles. The van der Waals surface area contributed by atoms with Crippen LogP contribution in [0.1, 0.15) is 11.1 Å². The topological polar surface area (TPSA) is 57.8 Å². The number of aromatic nitrogens is 1. The second-order valence-corrected chi connectivity index (χ2v) is 2.99. The molecule has 1 heterocycles. The van der Waals surface area contributed by atoms with E-state index in [9.17, 15) is 9.18 Å². The smallest absolute Gasteiger partial charge is 0.288 e. The number of halogens is 1. The standard InChI is InChI=1S/C10H10FN3O/c1-4-13-9-7(5-12)6(2)8(11)10(15)14(9)3/h4,13H,1H2,2-3H3. The third-order valence-electron chi connectivity index (χ3n) is 2.12. The van der Waals surface area contributed by atoms with Crippen molar-refractivity contribution in [2.75, 3.05) is 5.32 Å². The fourth-order valence-corrected chi connectivity index (χ4v) is 1.27. The van der Waals surface area contributed by atoms with Gasteiger partial charge in [-0.2, -0.15) is 5.26 Å². The summed E-state index contributed by atoms with van der Waals surface area (Å²) in [7, 11) is 1.39. The Morgan fingerprint density at radius 3 is 2.73 bits per heavy atom. The van der Waals surface area contributed by atoms with E-state index in [0.29, 0.717) is 0 Å². The van der Waals surface area contributed by atoms with Crippen LogP contribution in [0.3, 0.4) is 0 Å². The molecule has 0 aliphatic carbocycles. The quantitative estimate of drug-likeness (QED) is 0.794. The first kappa shape index (κ1) is 11.0. The summed E-state index contributed by atoms with van der Waals surface area (Å²) in [5.74, 6) is -0.653. The first-order chi connectivity index (χ1) is 7.04. The summed E-state index contributed by atoms with van der Waals surface area (Å²) in [4.78, 5) is 11.4. The van der Waals surface area contributed by atoms with E-state index < -0.39 is 11.4 Å². The summed E-state index contributed by atoms with van der Waals surface area (Å²) in [6.45, 7) is 4.82. The summed E-state index contributed by atoms with van der Waals surface area (Å²) in [5, 5.41) is 11.5. The van der Waals surface area contributed by atoms with Crippen molar-refractivity contribution in [1.82, 2.24) is 4.57 Å². The predicted molar refractivity (Wildman–Crippen MR) is 54.9 cm³/mol. The Kier molecular flexibility index (Phi) is 2.90. The molecule has 0 aliphatic heterocycles. The molecule has 0 aliphatic rings. The van der Waals surface area contributed by atoms with Gasteiger partial charge in [0, 0.05) is 12.6 Å². The molecule has 4 nitrogen and oxygen atoms in total. The van der Waals surface area contributed by atoms with Crippen LogP contribution in [0.2, 0.25) is 0 Å². The van der Waals surface area contributed by atoms with Gasteiger partial charge in [-0.1, -0.05) is 6.58 Å². The Labute approximate surface area is 86.3 Å². The summed E-state index contributed by atoms with van der Waals surface area (Å²) in [5.41, 5.74) is -0.615. The van der Waals surface area contributed by atoms with Crippen molar-refractivity contribution in [2.45, 2.75) is 6.92 Å². The van der Waals surface area contributed by atoms with Crippen LogP contribution in [0.25, 0.3) is 0 Å². The molecule has 0 atom stereocenters. The normalized spacial score (nSPS) is 9.47. The fraction of sp³-hybridized carbons (Fsp3) is 0.200. The Bertz CT molecular complexity index is 511. The van der Waals surface area contributed by atoms with Crippen molar-refractivity contribution in [3.8, 4) is 6.07 Å². The number of nitrogens with zero attached hydrogens (tertiary/aromatic N) is 2. The van der Waals surface area contributed by atoms with Gasteiger partial charge < -0.3 is 5.32 Å². The molecule has 0 amide bonds. The maximum absolute atomic E-state index is 13.3. The van der Waals surface area contributed by atoms with Crippen molar-refractivity contribution in [1.29, 1.82) is 5.26 Å². The summed E-state index contributed by atoms with van der Waals surface area (Å²) < 4.78 is 14.4. The molecular weight excluding hydrogens is 197 g/mol. The highest BCUT2D eigenvalue weighted by atomic mass is 19.1. The number of nitrogens with one attached hydrogen (secondary N) is 1. The molecule has 5 heteroatoms. The van der Waals surface area contributed by atoms with Gasteiger partial charge in [-0.25, -0.2) is 4.39 Å². The highest BCUT2D eigenvalue weighted by Gasteiger charge is 2.16. The monoisotopic (exact) mass is 207 g/mol. The average molecular weight is 207 g/mol. The maximum Gasteiger partial charge on any atom is 0.288 e.